The largest absolute Gasteiger partial charge is 0.494 e. The molecule has 9 heteroatoms. The number of rotatable bonds is 14. The molecule has 220 valence electrons. The number of ether oxygens (including phenoxy) is 1. The van der Waals surface area contributed by atoms with Crippen molar-refractivity contribution in [3.8, 4) is 11.4 Å². The van der Waals surface area contributed by atoms with Crippen molar-refractivity contribution in [1.29, 1.82) is 0 Å². The van der Waals surface area contributed by atoms with Gasteiger partial charge in [-0.15, -0.1) is 0 Å². The number of fused-ring (bicyclic) bond motifs is 1. The summed E-state index contributed by atoms with van der Waals surface area (Å²) in [7, 11) is 0. The van der Waals surface area contributed by atoms with Gasteiger partial charge in [0.05, 0.1) is 37.5 Å². The highest BCUT2D eigenvalue weighted by Crippen LogP contribution is 2.28. The Labute approximate surface area is 240 Å². The first kappa shape index (κ1) is 31.8. The molecule has 0 radical (unpaired) electrons. The molecule has 0 bridgehead atoms. The van der Waals surface area contributed by atoms with Gasteiger partial charge >= 0.3 is 5.97 Å². The Kier molecular flexibility index (Phi) is 12.3. The van der Waals surface area contributed by atoms with Crippen LogP contribution in [0.5, 0.6) is 5.75 Å². The molecule has 0 saturated carbocycles. The Hall–Kier alpha value is -3.73. The molecule has 0 aliphatic carbocycles. The number of carboxylic acids is 1. The zero-order valence-corrected chi connectivity index (χ0v) is 23.2. The molecule has 1 aromatic heterocycles. The molecule has 4 rings (SSSR count). The highest BCUT2D eigenvalue weighted by Gasteiger charge is 2.20. The minimum absolute atomic E-state index is 0.119. The summed E-state index contributed by atoms with van der Waals surface area (Å²) in [6.45, 7) is -0.599. The number of aliphatic hydroxyl groups excluding tert-OH is 4. The Morgan fingerprint density at radius 1 is 0.829 bits per heavy atom. The minimum atomic E-state index is -1.21. The molecule has 9 nitrogen and oxygen atoms in total. The van der Waals surface area contributed by atoms with Crippen LogP contribution in [0.2, 0.25) is 0 Å². The summed E-state index contributed by atoms with van der Waals surface area (Å²) in [5, 5.41) is 44.2. The number of nitrogens with two attached hydrogens (primary N) is 1. The third-order valence-electron chi connectivity index (χ3n) is 6.74. The van der Waals surface area contributed by atoms with Crippen molar-refractivity contribution in [1.82, 2.24) is 4.57 Å². The Balaban J connectivity index is 0.000000507. The van der Waals surface area contributed by atoms with Crippen molar-refractivity contribution in [3.63, 3.8) is 0 Å². The van der Waals surface area contributed by atoms with E-state index in [-0.39, 0.29) is 13.0 Å². The summed E-state index contributed by atoms with van der Waals surface area (Å²) in [6.07, 6.45) is 5.29. The number of hydrogen-bond acceptors (Lipinski definition) is 7. The lowest BCUT2D eigenvalue weighted by atomic mass is 10.0. The Bertz CT molecular complexity index is 1340. The highest BCUT2D eigenvalue weighted by molar-refractivity contribution is 5.86. The third kappa shape index (κ3) is 9.41. The first-order chi connectivity index (χ1) is 19.8. The van der Waals surface area contributed by atoms with Crippen molar-refractivity contribution in [2.45, 2.75) is 37.6 Å². The minimum Gasteiger partial charge on any atom is -0.494 e. The van der Waals surface area contributed by atoms with Gasteiger partial charge in [0.15, 0.2) is 0 Å². The maximum atomic E-state index is 11.0. The fourth-order valence-corrected chi connectivity index (χ4v) is 4.20. The van der Waals surface area contributed by atoms with Crippen LogP contribution in [0.15, 0.2) is 79.0 Å². The van der Waals surface area contributed by atoms with Crippen molar-refractivity contribution in [2.24, 2.45) is 5.73 Å². The summed E-state index contributed by atoms with van der Waals surface area (Å²) >= 11 is 0. The van der Waals surface area contributed by atoms with Gasteiger partial charge < -0.3 is 40.6 Å². The molecular weight excluding hydrogens is 524 g/mol. The van der Waals surface area contributed by atoms with Gasteiger partial charge in [-0.1, -0.05) is 36.4 Å². The summed E-state index contributed by atoms with van der Waals surface area (Å²) in [6, 6.07) is 24.7. The van der Waals surface area contributed by atoms with E-state index in [9.17, 15) is 4.79 Å². The smallest absolute Gasteiger partial charge is 0.303 e. The summed E-state index contributed by atoms with van der Waals surface area (Å²) in [4.78, 5) is 11.0. The van der Waals surface area contributed by atoms with Gasteiger partial charge in [0, 0.05) is 36.7 Å². The molecule has 3 aromatic carbocycles. The second kappa shape index (κ2) is 15.9. The van der Waals surface area contributed by atoms with Crippen LogP contribution in [0, 0.1) is 0 Å². The van der Waals surface area contributed by atoms with Crippen LogP contribution >= 0.6 is 0 Å². The molecule has 4 aromatic rings. The van der Waals surface area contributed by atoms with Crippen LogP contribution in [-0.2, 0) is 24.1 Å². The molecule has 41 heavy (non-hydrogen) atoms. The first-order valence-corrected chi connectivity index (χ1v) is 13.7. The van der Waals surface area contributed by atoms with Gasteiger partial charge in [0.1, 0.15) is 5.75 Å². The van der Waals surface area contributed by atoms with Crippen LogP contribution < -0.4 is 10.5 Å². The van der Waals surface area contributed by atoms with E-state index in [0.29, 0.717) is 19.4 Å². The molecule has 0 aliphatic rings. The SMILES string of the molecule is NC(CO)(CO)CO.O=C(O)CCc1ccc2c(c1)c(CCc1ccccc1)cn2-c1ccc(OCCCO)cc1. The van der Waals surface area contributed by atoms with E-state index in [4.69, 9.17) is 36.0 Å². The topological polar surface area (TPSA) is 158 Å². The van der Waals surface area contributed by atoms with E-state index in [1.54, 1.807) is 0 Å². The lowest BCUT2D eigenvalue weighted by molar-refractivity contribution is -0.136. The molecule has 0 spiro atoms. The average molecular weight is 565 g/mol. The Morgan fingerprint density at radius 2 is 1.51 bits per heavy atom. The number of benzene rings is 3. The molecule has 0 aliphatic heterocycles. The lowest BCUT2D eigenvalue weighted by Gasteiger charge is -2.20. The molecule has 0 saturated heterocycles. The number of hydrogen-bond donors (Lipinski definition) is 6. The average Bonchev–Trinajstić information content (AvgIpc) is 3.37. The van der Waals surface area contributed by atoms with Crippen LogP contribution in [0.25, 0.3) is 16.6 Å². The van der Waals surface area contributed by atoms with Gasteiger partial charge in [-0.25, -0.2) is 0 Å². The van der Waals surface area contributed by atoms with Gasteiger partial charge in [-0.3, -0.25) is 4.79 Å². The molecular formula is C32H40N2O7. The molecule has 0 unspecified atom stereocenters. The van der Waals surface area contributed by atoms with Gasteiger partial charge in [0.2, 0.25) is 0 Å². The van der Waals surface area contributed by atoms with Crippen molar-refractivity contribution < 1.29 is 35.1 Å². The summed E-state index contributed by atoms with van der Waals surface area (Å²) in [5.74, 6) is 0.00202. The second-order valence-electron chi connectivity index (χ2n) is 10.0. The van der Waals surface area contributed by atoms with E-state index in [2.05, 4.69) is 47.2 Å². The highest BCUT2D eigenvalue weighted by atomic mass is 16.5. The standard InChI is InChI=1S/C28H29NO4.C4H11NO3/c30-17-4-18-33-25-13-11-24(12-14-25)29-20-23(10-7-21-5-2-1-3-6-21)26-19-22(8-15-27(26)29)9-16-28(31)32;5-4(1-6,2-7)3-8/h1-3,5-6,8,11-15,19-20,30H,4,7,9-10,16-18H2,(H,31,32);6-8H,1-3,5H2. The molecule has 1 heterocycles. The number of carboxylic acid groups (broad SMARTS) is 1. The van der Waals surface area contributed by atoms with Crippen LogP contribution in [0.3, 0.4) is 0 Å². The third-order valence-corrected chi connectivity index (χ3v) is 6.74. The normalized spacial score (nSPS) is 11.2. The summed E-state index contributed by atoms with van der Waals surface area (Å²) < 4.78 is 7.85. The number of aliphatic carboxylic acids is 1. The number of carbonyl (C=O) groups is 1. The van der Waals surface area contributed by atoms with Crippen molar-refractivity contribution >= 4 is 16.9 Å². The lowest BCUT2D eigenvalue weighted by Crippen LogP contribution is -2.50. The monoisotopic (exact) mass is 564 g/mol. The van der Waals surface area contributed by atoms with E-state index < -0.39 is 31.3 Å². The maximum absolute atomic E-state index is 11.0. The predicted octanol–water partition coefficient (Wildman–Crippen LogP) is 2.85. The van der Waals surface area contributed by atoms with E-state index in [1.165, 1.54) is 11.1 Å². The zero-order valence-electron chi connectivity index (χ0n) is 23.2. The fourth-order valence-electron chi connectivity index (χ4n) is 4.20. The second-order valence-corrected chi connectivity index (χ2v) is 10.0. The molecule has 0 amide bonds. The first-order valence-electron chi connectivity index (χ1n) is 13.7. The Morgan fingerprint density at radius 3 is 2.10 bits per heavy atom. The quantitative estimate of drug-likeness (QED) is 0.128. The fraction of sp³-hybridized carbons (Fsp3) is 0.344. The van der Waals surface area contributed by atoms with Crippen LogP contribution in [0.4, 0.5) is 0 Å². The summed E-state index contributed by atoms with van der Waals surface area (Å²) in [5.41, 5.74) is 9.66. The van der Waals surface area contributed by atoms with E-state index in [1.807, 2.05) is 36.4 Å². The van der Waals surface area contributed by atoms with Crippen LogP contribution in [-0.4, -0.2) is 74.6 Å². The predicted molar refractivity (Wildman–Crippen MR) is 158 cm³/mol. The number of aromatic nitrogens is 1. The van der Waals surface area contributed by atoms with Gasteiger partial charge in [-0.2, -0.15) is 0 Å². The van der Waals surface area contributed by atoms with Crippen LogP contribution in [0.1, 0.15) is 29.5 Å². The van der Waals surface area contributed by atoms with Crippen molar-refractivity contribution in [3.05, 3.63) is 95.7 Å². The maximum Gasteiger partial charge on any atom is 0.303 e. The van der Waals surface area contributed by atoms with Gasteiger partial charge in [0.25, 0.3) is 0 Å². The van der Waals surface area contributed by atoms with Gasteiger partial charge in [-0.05, 0) is 72.4 Å². The van der Waals surface area contributed by atoms with E-state index in [0.717, 1.165) is 40.7 Å². The van der Waals surface area contributed by atoms with E-state index >= 15 is 0 Å². The number of nitrogens with zero attached hydrogens (tertiary/aromatic N) is 1. The van der Waals surface area contributed by atoms with Crippen molar-refractivity contribution in [2.75, 3.05) is 33.0 Å². The zero-order chi connectivity index (χ0) is 29.7. The number of aliphatic hydroxyl groups is 4. The molecule has 0 fully saturated rings. The molecule has 7 N–H and O–H groups in total. The number of aryl methyl sites for hydroxylation is 3. The molecule has 0 atom stereocenters.